The third-order valence-corrected chi connectivity index (χ3v) is 4.41. The van der Waals surface area contributed by atoms with E-state index < -0.39 is 23.8 Å². The second-order valence-electron chi connectivity index (χ2n) is 5.71. The first-order valence-electron chi connectivity index (χ1n) is 7.56. The molecule has 6 nitrogen and oxygen atoms in total. The molecule has 7 heteroatoms. The fourth-order valence-corrected chi connectivity index (χ4v) is 2.71. The highest BCUT2D eigenvalue weighted by Crippen LogP contribution is 2.25. The number of aromatic nitrogens is 2. The van der Waals surface area contributed by atoms with Crippen molar-refractivity contribution < 1.29 is 9.53 Å². The van der Waals surface area contributed by atoms with E-state index in [1.165, 1.54) is 0 Å². The molecule has 0 unspecified atom stereocenters. The zero-order chi connectivity index (χ0) is 18.1. The van der Waals surface area contributed by atoms with Crippen LogP contribution in [0.3, 0.4) is 0 Å². The molecule has 0 spiro atoms. The van der Waals surface area contributed by atoms with Crippen molar-refractivity contribution in [3.8, 4) is 5.75 Å². The Labute approximate surface area is 147 Å². The number of nitrogens with zero attached hydrogens (tertiary/aromatic N) is 1. The van der Waals surface area contributed by atoms with E-state index in [9.17, 15) is 14.4 Å². The van der Waals surface area contributed by atoms with Crippen LogP contribution in [0.15, 0.2) is 46.0 Å². The number of rotatable bonds is 3. The molecule has 0 amide bonds. The van der Waals surface area contributed by atoms with E-state index in [2.05, 4.69) is 4.98 Å². The van der Waals surface area contributed by atoms with Crippen LogP contribution in [0.5, 0.6) is 5.75 Å². The number of H-pyrrole nitrogens is 1. The van der Waals surface area contributed by atoms with Crippen LogP contribution in [-0.4, -0.2) is 15.5 Å². The number of hydrogen-bond acceptors (Lipinski definition) is 4. The molecular formula is C18H15ClN2O4. The monoisotopic (exact) mass is 358 g/mol. The number of para-hydroxylation sites is 1. The first-order chi connectivity index (χ1) is 11.9. The number of halogens is 1. The minimum absolute atomic E-state index is 0.315. The van der Waals surface area contributed by atoms with Crippen LogP contribution in [-0.2, 0) is 11.3 Å². The molecule has 25 heavy (non-hydrogen) atoms. The van der Waals surface area contributed by atoms with Crippen LogP contribution in [0.1, 0.15) is 11.1 Å². The summed E-state index contributed by atoms with van der Waals surface area (Å²) in [5.41, 5.74) is 0.755. The molecule has 0 aliphatic heterocycles. The lowest BCUT2D eigenvalue weighted by Gasteiger charge is -2.09. The Morgan fingerprint density at radius 1 is 1.16 bits per heavy atom. The Kier molecular flexibility index (Phi) is 4.46. The summed E-state index contributed by atoms with van der Waals surface area (Å²) in [4.78, 5) is 39.2. The molecular weight excluding hydrogens is 344 g/mol. The lowest BCUT2D eigenvalue weighted by Crippen LogP contribution is -2.38. The number of nitrogens with one attached hydrogen (secondary N) is 1. The molecule has 0 aliphatic rings. The predicted molar refractivity (Wildman–Crippen MR) is 95.4 cm³/mol. The fraction of sp³-hybridized carbons (Fsp3) is 0.167. The minimum Gasteiger partial charge on any atom is -0.425 e. The van der Waals surface area contributed by atoms with Gasteiger partial charge in [0.1, 0.15) is 12.3 Å². The van der Waals surface area contributed by atoms with Gasteiger partial charge in [-0.25, -0.2) is 14.2 Å². The van der Waals surface area contributed by atoms with Gasteiger partial charge in [0, 0.05) is 5.02 Å². The fourth-order valence-electron chi connectivity index (χ4n) is 2.60. The quantitative estimate of drug-likeness (QED) is 0.576. The molecule has 1 aromatic heterocycles. The Morgan fingerprint density at radius 2 is 1.80 bits per heavy atom. The van der Waals surface area contributed by atoms with Crippen LogP contribution in [0.2, 0.25) is 5.02 Å². The average Bonchev–Trinajstić information content (AvgIpc) is 2.56. The van der Waals surface area contributed by atoms with Gasteiger partial charge in [0.2, 0.25) is 0 Å². The Bertz CT molecular complexity index is 1080. The topological polar surface area (TPSA) is 81.2 Å². The molecule has 3 rings (SSSR count). The van der Waals surface area contributed by atoms with E-state index in [-0.39, 0.29) is 0 Å². The van der Waals surface area contributed by atoms with Gasteiger partial charge in [-0.3, -0.25) is 4.79 Å². The van der Waals surface area contributed by atoms with Crippen LogP contribution < -0.4 is 16.0 Å². The van der Waals surface area contributed by atoms with Crippen LogP contribution in [0, 0.1) is 13.8 Å². The van der Waals surface area contributed by atoms with Crippen molar-refractivity contribution in [2.75, 3.05) is 0 Å². The van der Waals surface area contributed by atoms with E-state index in [0.29, 0.717) is 21.7 Å². The maximum Gasteiger partial charge on any atom is 0.331 e. The summed E-state index contributed by atoms with van der Waals surface area (Å²) in [5, 5.41) is 0.926. The number of aryl methyl sites for hydroxylation is 2. The highest BCUT2D eigenvalue weighted by molar-refractivity contribution is 6.32. The Balaban J connectivity index is 1.90. The van der Waals surface area contributed by atoms with Gasteiger partial charge in [0.15, 0.2) is 0 Å². The van der Waals surface area contributed by atoms with Gasteiger partial charge in [0.25, 0.3) is 5.56 Å². The predicted octanol–water partition coefficient (Wildman–Crippen LogP) is 2.57. The van der Waals surface area contributed by atoms with E-state index >= 15 is 0 Å². The second kappa shape index (κ2) is 6.57. The van der Waals surface area contributed by atoms with Crippen LogP contribution in [0.4, 0.5) is 0 Å². The highest BCUT2D eigenvalue weighted by Gasteiger charge is 2.14. The second-order valence-corrected chi connectivity index (χ2v) is 6.09. The number of benzene rings is 2. The third-order valence-electron chi connectivity index (χ3n) is 3.82. The average molecular weight is 359 g/mol. The lowest BCUT2D eigenvalue weighted by molar-refractivity contribution is -0.135. The zero-order valence-corrected chi connectivity index (χ0v) is 14.4. The molecule has 0 saturated carbocycles. The first-order valence-corrected chi connectivity index (χ1v) is 7.94. The SMILES string of the molecule is Cc1cc(OC(=O)Cn2c(=O)[nH]c3ccccc3c2=O)cc(C)c1Cl. The van der Waals surface area contributed by atoms with Crippen molar-refractivity contribution in [2.45, 2.75) is 20.4 Å². The van der Waals surface area contributed by atoms with E-state index in [1.807, 2.05) is 0 Å². The third kappa shape index (κ3) is 3.34. The molecule has 0 fully saturated rings. The summed E-state index contributed by atoms with van der Waals surface area (Å²) in [7, 11) is 0. The van der Waals surface area contributed by atoms with Gasteiger partial charge >= 0.3 is 11.7 Å². The number of hydrogen-bond donors (Lipinski definition) is 1. The van der Waals surface area contributed by atoms with Crippen molar-refractivity contribution in [1.82, 2.24) is 9.55 Å². The van der Waals surface area contributed by atoms with Crippen LogP contribution >= 0.6 is 11.6 Å². The molecule has 128 valence electrons. The number of ether oxygens (including phenoxy) is 1. The number of aromatic amines is 1. The molecule has 0 saturated heterocycles. The van der Waals surface area contributed by atoms with E-state index in [0.717, 1.165) is 15.7 Å². The van der Waals surface area contributed by atoms with Gasteiger partial charge in [0.05, 0.1) is 10.9 Å². The van der Waals surface area contributed by atoms with Crippen molar-refractivity contribution in [2.24, 2.45) is 0 Å². The molecule has 1 N–H and O–H groups in total. The number of carbonyl (C=O) groups excluding carboxylic acids is 1. The largest absolute Gasteiger partial charge is 0.425 e. The van der Waals surface area contributed by atoms with Gasteiger partial charge in [-0.2, -0.15) is 0 Å². The van der Waals surface area contributed by atoms with Crippen molar-refractivity contribution in [3.63, 3.8) is 0 Å². The van der Waals surface area contributed by atoms with Crippen molar-refractivity contribution in [1.29, 1.82) is 0 Å². The maximum atomic E-state index is 12.4. The Morgan fingerprint density at radius 3 is 2.48 bits per heavy atom. The molecule has 0 radical (unpaired) electrons. The standard InChI is InChI=1S/C18H15ClN2O4/c1-10-7-12(8-11(2)16(10)19)25-15(22)9-21-17(23)13-5-3-4-6-14(13)20-18(21)24/h3-8H,9H2,1-2H3,(H,20,24). The number of carbonyl (C=O) groups is 1. The van der Waals surface area contributed by atoms with Gasteiger partial charge in [-0.1, -0.05) is 23.7 Å². The highest BCUT2D eigenvalue weighted by atomic mass is 35.5. The molecule has 1 heterocycles. The lowest BCUT2D eigenvalue weighted by atomic mass is 10.1. The molecule has 0 aliphatic carbocycles. The summed E-state index contributed by atoms with van der Waals surface area (Å²) in [6, 6.07) is 9.86. The number of esters is 1. The first kappa shape index (κ1) is 17.0. The summed E-state index contributed by atoms with van der Waals surface area (Å²) < 4.78 is 6.07. The maximum absolute atomic E-state index is 12.4. The summed E-state index contributed by atoms with van der Waals surface area (Å²) in [6.07, 6.45) is 0. The van der Waals surface area contributed by atoms with E-state index in [4.69, 9.17) is 16.3 Å². The summed E-state index contributed by atoms with van der Waals surface area (Å²) >= 11 is 6.08. The van der Waals surface area contributed by atoms with Crippen molar-refractivity contribution in [3.05, 3.63) is 73.4 Å². The van der Waals surface area contributed by atoms with Gasteiger partial charge in [-0.15, -0.1) is 0 Å². The zero-order valence-electron chi connectivity index (χ0n) is 13.6. The normalized spacial score (nSPS) is 10.8. The van der Waals surface area contributed by atoms with Gasteiger partial charge in [-0.05, 0) is 49.2 Å². The Hall–Kier alpha value is -2.86. The molecule has 3 aromatic rings. The van der Waals surface area contributed by atoms with E-state index in [1.54, 1.807) is 50.2 Å². The number of fused-ring (bicyclic) bond motifs is 1. The van der Waals surface area contributed by atoms with Crippen LogP contribution in [0.25, 0.3) is 10.9 Å². The minimum atomic E-state index is -0.719. The molecule has 2 aromatic carbocycles. The molecule has 0 bridgehead atoms. The van der Waals surface area contributed by atoms with Crippen molar-refractivity contribution >= 4 is 28.5 Å². The smallest absolute Gasteiger partial charge is 0.331 e. The summed E-state index contributed by atoms with van der Waals surface area (Å²) in [5.74, 6) is -0.404. The van der Waals surface area contributed by atoms with Gasteiger partial charge < -0.3 is 9.72 Å². The molecule has 0 atom stereocenters. The summed E-state index contributed by atoms with van der Waals surface area (Å²) in [6.45, 7) is 3.11.